The van der Waals surface area contributed by atoms with E-state index in [1.807, 2.05) is 0 Å². The van der Waals surface area contributed by atoms with Crippen molar-refractivity contribution in [1.82, 2.24) is 4.90 Å². The SMILES string of the molecule is Br[C@H]1CCN2CCCC[C@H]12. The van der Waals surface area contributed by atoms with Crippen LogP contribution in [0.15, 0.2) is 0 Å². The summed E-state index contributed by atoms with van der Waals surface area (Å²) in [5, 5.41) is 0. The summed E-state index contributed by atoms with van der Waals surface area (Å²) in [6, 6.07) is 0.883. The molecule has 0 radical (unpaired) electrons. The molecule has 2 atom stereocenters. The van der Waals surface area contributed by atoms with Gasteiger partial charge in [0.1, 0.15) is 0 Å². The molecule has 0 aromatic heterocycles. The van der Waals surface area contributed by atoms with E-state index in [1.165, 1.54) is 38.8 Å². The van der Waals surface area contributed by atoms with Crippen LogP contribution in [0, 0.1) is 0 Å². The van der Waals surface area contributed by atoms with Crippen molar-refractivity contribution in [2.75, 3.05) is 13.1 Å². The van der Waals surface area contributed by atoms with Gasteiger partial charge in [0.15, 0.2) is 0 Å². The van der Waals surface area contributed by atoms with Gasteiger partial charge in [-0.3, -0.25) is 4.90 Å². The quantitative estimate of drug-likeness (QED) is 0.545. The Bertz CT molecular complexity index is 124. The number of hydrogen-bond acceptors (Lipinski definition) is 1. The predicted octanol–water partition coefficient (Wildman–Crippen LogP) is 2.01. The van der Waals surface area contributed by atoms with Gasteiger partial charge in [-0.15, -0.1) is 0 Å². The van der Waals surface area contributed by atoms with Gasteiger partial charge in [-0.1, -0.05) is 22.4 Å². The van der Waals surface area contributed by atoms with Crippen molar-refractivity contribution >= 4 is 15.9 Å². The molecule has 0 aliphatic carbocycles. The van der Waals surface area contributed by atoms with Crippen molar-refractivity contribution in [3.8, 4) is 0 Å². The van der Waals surface area contributed by atoms with Crippen LogP contribution in [0.4, 0.5) is 0 Å². The van der Waals surface area contributed by atoms with Crippen LogP contribution >= 0.6 is 15.9 Å². The molecule has 0 bridgehead atoms. The molecule has 10 heavy (non-hydrogen) atoms. The first-order chi connectivity index (χ1) is 4.88. The molecule has 2 fully saturated rings. The van der Waals surface area contributed by atoms with E-state index < -0.39 is 0 Å². The van der Waals surface area contributed by atoms with Gasteiger partial charge in [0.25, 0.3) is 0 Å². The topological polar surface area (TPSA) is 3.24 Å². The van der Waals surface area contributed by atoms with E-state index in [9.17, 15) is 0 Å². The molecule has 2 aliphatic heterocycles. The van der Waals surface area contributed by atoms with E-state index in [0.29, 0.717) is 0 Å². The summed E-state index contributed by atoms with van der Waals surface area (Å²) in [7, 11) is 0. The molecule has 0 saturated carbocycles. The van der Waals surface area contributed by atoms with Crippen LogP contribution in [-0.2, 0) is 0 Å². The molecule has 58 valence electrons. The maximum atomic E-state index is 3.74. The molecule has 2 heterocycles. The van der Waals surface area contributed by atoms with Crippen LogP contribution < -0.4 is 0 Å². The number of rotatable bonds is 0. The fraction of sp³-hybridized carbons (Fsp3) is 1.00. The Hall–Kier alpha value is 0.440. The second-order valence-electron chi connectivity index (χ2n) is 3.40. The normalized spacial score (nSPS) is 41.7. The molecule has 0 aromatic carbocycles. The van der Waals surface area contributed by atoms with Gasteiger partial charge in [0.05, 0.1) is 0 Å². The monoisotopic (exact) mass is 203 g/mol. The van der Waals surface area contributed by atoms with Gasteiger partial charge < -0.3 is 0 Å². The van der Waals surface area contributed by atoms with E-state index in [4.69, 9.17) is 0 Å². The molecule has 2 saturated heterocycles. The summed E-state index contributed by atoms with van der Waals surface area (Å²) in [5.41, 5.74) is 0. The van der Waals surface area contributed by atoms with Crippen LogP contribution in [-0.4, -0.2) is 28.9 Å². The molecular formula is C8H14BrN. The van der Waals surface area contributed by atoms with Gasteiger partial charge >= 0.3 is 0 Å². The Kier molecular flexibility index (Phi) is 2.01. The third-order valence-electron chi connectivity index (χ3n) is 2.77. The van der Waals surface area contributed by atoms with Crippen LogP contribution in [0.3, 0.4) is 0 Å². The lowest BCUT2D eigenvalue weighted by Crippen LogP contribution is -2.37. The second-order valence-corrected chi connectivity index (χ2v) is 4.58. The number of fused-ring (bicyclic) bond motifs is 1. The molecule has 0 unspecified atom stereocenters. The van der Waals surface area contributed by atoms with Crippen molar-refractivity contribution in [1.29, 1.82) is 0 Å². The summed E-state index contributed by atoms with van der Waals surface area (Å²) in [6.07, 6.45) is 5.67. The van der Waals surface area contributed by atoms with Crippen molar-refractivity contribution < 1.29 is 0 Å². The zero-order valence-corrected chi connectivity index (χ0v) is 7.81. The summed E-state index contributed by atoms with van der Waals surface area (Å²) in [5.74, 6) is 0. The minimum Gasteiger partial charge on any atom is -0.299 e. The first-order valence-electron chi connectivity index (χ1n) is 4.26. The van der Waals surface area contributed by atoms with E-state index in [1.54, 1.807) is 0 Å². The van der Waals surface area contributed by atoms with Gasteiger partial charge in [0.2, 0.25) is 0 Å². The van der Waals surface area contributed by atoms with Crippen LogP contribution in [0.5, 0.6) is 0 Å². The van der Waals surface area contributed by atoms with Crippen LogP contribution in [0.25, 0.3) is 0 Å². The van der Waals surface area contributed by atoms with Crippen molar-refractivity contribution in [3.63, 3.8) is 0 Å². The summed E-state index contributed by atoms with van der Waals surface area (Å²) in [6.45, 7) is 2.69. The third-order valence-corrected chi connectivity index (χ3v) is 3.84. The number of halogens is 1. The Morgan fingerprint density at radius 3 is 2.80 bits per heavy atom. The van der Waals surface area contributed by atoms with Gasteiger partial charge in [-0.05, 0) is 32.4 Å². The van der Waals surface area contributed by atoms with Gasteiger partial charge in [-0.25, -0.2) is 0 Å². The van der Waals surface area contributed by atoms with E-state index in [2.05, 4.69) is 20.8 Å². The standard InChI is InChI=1S/C8H14BrN/c9-7-4-6-10-5-2-1-3-8(7)10/h7-8H,1-6H2/t7-,8+/m0/s1. The first-order valence-corrected chi connectivity index (χ1v) is 5.17. The average molecular weight is 204 g/mol. The highest BCUT2D eigenvalue weighted by Gasteiger charge is 2.33. The van der Waals surface area contributed by atoms with Crippen LogP contribution in [0.2, 0.25) is 0 Å². The maximum absolute atomic E-state index is 3.74. The lowest BCUT2D eigenvalue weighted by molar-refractivity contribution is 0.201. The molecule has 0 amide bonds. The van der Waals surface area contributed by atoms with E-state index >= 15 is 0 Å². The Balaban J connectivity index is 2.01. The number of alkyl halides is 1. The average Bonchev–Trinajstić information content (AvgIpc) is 2.34. The minimum atomic E-state index is 0.799. The van der Waals surface area contributed by atoms with E-state index in [-0.39, 0.29) is 0 Å². The summed E-state index contributed by atoms with van der Waals surface area (Å²) < 4.78 is 0. The molecule has 1 nitrogen and oxygen atoms in total. The minimum absolute atomic E-state index is 0.799. The molecular weight excluding hydrogens is 190 g/mol. The maximum Gasteiger partial charge on any atom is 0.0313 e. The Morgan fingerprint density at radius 2 is 2.00 bits per heavy atom. The largest absolute Gasteiger partial charge is 0.299 e. The van der Waals surface area contributed by atoms with Crippen LogP contribution in [0.1, 0.15) is 25.7 Å². The molecule has 0 spiro atoms. The Morgan fingerprint density at radius 1 is 1.10 bits per heavy atom. The molecule has 2 aliphatic rings. The highest BCUT2D eigenvalue weighted by atomic mass is 79.9. The third kappa shape index (κ3) is 1.12. The molecule has 2 heteroatoms. The van der Waals surface area contributed by atoms with Gasteiger partial charge in [-0.2, -0.15) is 0 Å². The number of piperidine rings is 1. The highest BCUT2D eigenvalue weighted by Crippen LogP contribution is 2.31. The summed E-state index contributed by atoms with van der Waals surface area (Å²) in [4.78, 5) is 3.44. The lowest BCUT2D eigenvalue weighted by atomic mass is 10.0. The highest BCUT2D eigenvalue weighted by molar-refractivity contribution is 9.09. The smallest absolute Gasteiger partial charge is 0.0313 e. The second kappa shape index (κ2) is 2.82. The predicted molar refractivity (Wildman–Crippen MR) is 46.5 cm³/mol. The zero-order valence-electron chi connectivity index (χ0n) is 6.22. The summed E-state index contributed by atoms with van der Waals surface area (Å²) >= 11 is 3.74. The first kappa shape index (κ1) is 7.11. The van der Waals surface area contributed by atoms with Crippen molar-refractivity contribution in [3.05, 3.63) is 0 Å². The van der Waals surface area contributed by atoms with Crippen molar-refractivity contribution in [2.24, 2.45) is 0 Å². The molecule has 2 rings (SSSR count). The number of nitrogens with zero attached hydrogens (tertiary/aromatic N) is 1. The fourth-order valence-electron chi connectivity index (χ4n) is 2.19. The van der Waals surface area contributed by atoms with E-state index in [0.717, 1.165) is 10.9 Å². The Labute approximate surface area is 70.9 Å². The number of hydrogen-bond donors (Lipinski definition) is 0. The van der Waals surface area contributed by atoms with Gasteiger partial charge in [0, 0.05) is 10.9 Å². The zero-order chi connectivity index (χ0) is 6.97. The fourth-order valence-corrected chi connectivity index (χ4v) is 2.99. The molecule has 0 N–H and O–H groups in total. The lowest BCUT2D eigenvalue weighted by Gasteiger charge is -2.30. The van der Waals surface area contributed by atoms with Crippen molar-refractivity contribution in [2.45, 2.75) is 36.6 Å². The molecule has 0 aromatic rings.